The zero-order valence-electron chi connectivity index (χ0n) is 19.6. The summed E-state index contributed by atoms with van der Waals surface area (Å²) in [7, 11) is 0. The third-order valence-corrected chi connectivity index (χ3v) is 6.66. The number of phenols is 1. The van der Waals surface area contributed by atoms with Crippen LogP contribution in [0.5, 0.6) is 17.2 Å². The number of aliphatic hydroxyl groups is 1. The van der Waals surface area contributed by atoms with Crippen LogP contribution >= 0.6 is 11.8 Å². The largest absolute Gasteiger partial charge is 0.508 e. The van der Waals surface area contributed by atoms with Crippen molar-refractivity contribution in [1.29, 1.82) is 0 Å². The van der Waals surface area contributed by atoms with Crippen molar-refractivity contribution >= 4 is 28.9 Å². The van der Waals surface area contributed by atoms with E-state index in [2.05, 4.69) is 15.2 Å². The standard InChI is InChI=1S/C26H31N3O5S/c30-20-6-10-23(11-7-20)34-18-21(31)17-27-12-15-33-22-8-4-19(5-9-22)16-24-25(32)28-26(35-24)29-13-2-1-3-14-29/h4-11,16,21,27,30-31H,1-3,12-15,17-18H2/t21-/m0/s1. The number of thioether (sulfide) groups is 1. The number of aliphatic hydroxyl groups excluding tert-OH is 1. The molecule has 9 heteroatoms. The topological polar surface area (TPSA) is 104 Å². The molecule has 0 unspecified atom stereocenters. The molecule has 0 radical (unpaired) electrons. The number of carbonyl (C=O) groups excluding carboxylic acids is 1. The van der Waals surface area contributed by atoms with Crippen molar-refractivity contribution in [2.45, 2.75) is 25.4 Å². The van der Waals surface area contributed by atoms with Crippen molar-refractivity contribution in [2.24, 2.45) is 4.99 Å². The minimum absolute atomic E-state index is 0.154. The van der Waals surface area contributed by atoms with Gasteiger partial charge in [0.15, 0.2) is 5.17 Å². The van der Waals surface area contributed by atoms with E-state index in [4.69, 9.17) is 9.47 Å². The van der Waals surface area contributed by atoms with Crippen molar-refractivity contribution in [3.05, 3.63) is 59.0 Å². The Morgan fingerprint density at radius 3 is 2.46 bits per heavy atom. The quantitative estimate of drug-likeness (QED) is 0.340. The Kier molecular flexibility index (Phi) is 9.05. The first-order chi connectivity index (χ1) is 17.1. The van der Waals surface area contributed by atoms with Crippen LogP contribution in [0.15, 0.2) is 58.4 Å². The van der Waals surface area contributed by atoms with E-state index >= 15 is 0 Å². The first-order valence-corrected chi connectivity index (χ1v) is 12.7. The summed E-state index contributed by atoms with van der Waals surface area (Å²) in [6, 6.07) is 14.0. The Morgan fingerprint density at radius 2 is 1.71 bits per heavy atom. The number of nitrogens with one attached hydrogen (secondary N) is 1. The molecule has 2 aromatic rings. The number of nitrogens with zero attached hydrogens (tertiary/aromatic N) is 2. The maximum atomic E-state index is 12.3. The van der Waals surface area contributed by atoms with E-state index in [9.17, 15) is 15.0 Å². The number of phenolic OH excluding ortho intramolecular Hbond substituents is 1. The van der Waals surface area contributed by atoms with E-state index < -0.39 is 6.10 Å². The van der Waals surface area contributed by atoms with E-state index in [-0.39, 0.29) is 18.3 Å². The number of hydrogen-bond donors (Lipinski definition) is 3. The number of aliphatic imine (C=N–C) groups is 1. The molecular weight excluding hydrogens is 466 g/mol. The van der Waals surface area contributed by atoms with Crippen LogP contribution in [0.4, 0.5) is 0 Å². The van der Waals surface area contributed by atoms with Crippen molar-refractivity contribution in [3.8, 4) is 17.2 Å². The van der Waals surface area contributed by atoms with Crippen LogP contribution in [0.2, 0.25) is 0 Å². The van der Waals surface area contributed by atoms with Crippen LogP contribution in [0.25, 0.3) is 6.08 Å². The minimum Gasteiger partial charge on any atom is -0.508 e. The van der Waals surface area contributed by atoms with Gasteiger partial charge in [0.2, 0.25) is 0 Å². The van der Waals surface area contributed by atoms with Gasteiger partial charge in [-0.1, -0.05) is 12.1 Å². The number of benzene rings is 2. The summed E-state index contributed by atoms with van der Waals surface area (Å²) in [4.78, 5) is 19.4. The van der Waals surface area contributed by atoms with Gasteiger partial charge < -0.3 is 29.9 Å². The summed E-state index contributed by atoms with van der Waals surface area (Å²) in [5, 5.41) is 23.2. The highest BCUT2D eigenvalue weighted by atomic mass is 32.2. The summed E-state index contributed by atoms with van der Waals surface area (Å²) < 4.78 is 11.2. The van der Waals surface area contributed by atoms with Crippen LogP contribution in [0.1, 0.15) is 24.8 Å². The predicted molar refractivity (Wildman–Crippen MR) is 138 cm³/mol. The number of amides is 1. The molecule has 2 heterocycles. The third kappa shape index (κ3) is 7.74. The van der Waals surface area contributed by atoms with Gasteiger partial charge in [0.05, 0.1) is 4.91 Å². The highest BCUT2D eigenvalue weighted by Crippen LogP contribution is 2.31. The molecular formula is C26H31N3O5S. The number of amidine groups is 1. The second kappa shape index (κ2) is 12.6. The Balaban J connectivity index is 1.13. The molecule has 0 bridgehead atoms. The summed E-state index contributed by atoms with van der Waals surface area (Å²) in [6.45, 7) is 3.50. The lowest BCUT2D eigenvalue weighted by Gasteiger charge is -2.27. The first kappa shape index (κ1) is 25.1. The van der Waals surface area contributed by atoms with E-state index in [0.29, 0.717) is 30.4 Å². The second-order valence-electron chi connectivity index (χ2n) is 8.44. The van der Waals surface area contributed by atoms with E-state index in [0.717, 1.165) is 42.4 Å². The van der Waals surface area contributed by atoms with Gasteiger partial charge in [-0.2, -0.15) is 4.99 Å². The molecule has 1 fully saturated rings. The molecule has 1 amide bonds. The zero-order valence-corrected chi connectivity index (χ0v) is 20.4. The Morgan fingerprint density at radius 1 is 1.03 bits per heavy atom. The number of hydrogen-bond acceptors (Lipinski definition) is 8. The van der Waals surface area contributed by atoms with Gasteiger partial charge in [-0.3, -0.25) is 4.79 Å². The smallest absolute Gasteiger partial charge is 0.286 e. The van der Waals surface area contributed by atoms with Crippen molar-refractivity contribution in [1.82, 2.24) is 10.2 Å². The van der Waals surface area contributed by atoms with Crippen LogP contribution in [0, 0.1) is 0 Å². The Hall–Kier alpha value is -3.01. The lowest BCUT2D eigenvalue weighted by Crippen LogP contribution is -2.33. The van der Waals surface area contributed by atoms with Gasteiger partial charge in [0.25, 0.3) is 5.91 Å². The Labute approximate surface area is 209 Å². The van der Waals surface area contributed by atoms with Gasteiger partial charge in [-0.25, -0.2) is 0 Å². The molecule has 8 nitrogen and oxygen atoms in total. The van der Waals surface area contributed by atoms with Gasteiger partial charge in [0, 0.05) is 26.2 Å². The molecule has 2 aromatic carbocycles. The van der Waals surface area contributed by atoms with Crippen molar-refractivity contribution in [3.63, 3.8) is 0 Å². The highest BCUT2D eigenvalue weighted by Gasteiger charge is 2.26. The number of rotatable bonds is 10. The van der Waals surface area contributed by atoms with Crippen molar-refractivity contribution < 1.29 is 24.5 Å². The Bertz CT molecular complexity index is 1030. The number of carbonyl (C=O) groups is 1. The molecule has 4 rings (SSSR count). The fraction of sp³-hybridized carbons (Fsp3) is 0.385. The molecule has 3 N–H and O–H groups in total. The summed E-state index contributed by atoms with van der Waals surface area (Å²) >= 11 is 1.46. The fourth-order valence-corrected chi connectivity index (χ4v) is 4.70. The van der Waals surface area contributed by atoms with Gasteiger partial charge in [-0.15, -0.1) is 0 Å². The number of ether oxygens (including phenoxy) is 2. The third-order valence-electron chi connectivity index (χ3n) is 5.62. The lowest BCUT2D eigenvalue weighted by molar-refractivity contribution is -0.113. The number of aromatic hydroxyl groups is 1. The molecule has 0 saturated carbocycles. The van der Waals surface area contributed by atoms with E-state index in [1.54, 1.807) is 12.1 Å². The number of likely N-dealkylation sites (tertiary alicyclic amines) is 1. The van der Waals surface area contributed by atoms with Crippen molar-refractivity contribution in [2.75, 3.05) is 39.4 Å². The van der Waals surface area contributed by atoms with Gasteiger partial charge >= 0.3 is 0 Å². The van der Waals surface area contributed by atoms with Gasteiger partial charge in [-0.05, 0) is 79.1 Å². The maximum absolute atomic E-state index is 12.3. The molecule has 2 aliphatic heterocycles. The van der Waals surface area contributed by atoms with E-state index in [1.807, 2.05) is 30.3 Å². The number of piperidine rings is 1. The molecule has 1 atom stereocenters. The summed E-state index contributed by atoms with van der Waals surface area (Å²) in [6.07, 6.45) is 4.76. The first-order valence-electron chi connectivity index (χ1n) is 11.9. The SMILES string of the molecule is O=C1N=C(N2CCCCC2)SC1=Cc1ccc(OCCNC[C@H](O)COc2ccc(O)cc2)cc1. The minimum atomic E-state index is -0.660. The van der Waals surface area contributed by atoms with Crippen LogP contribution < -0.4 is 14.8 Å². The molecule has 2 aliphatic rings. The summed E-state index contributed by atoms with van der Waals surface area (Å²) in [5.41, 5.74) is 0.929. The molecule has 186 valence electrons. The molecule has 1 saturated heterocycles. The average molecular weight is 498 g/mol. The van der Waals surface area contributed by atoms with E-state index in [1.165, 1.54) is 30.3 Å². The van der Waals surface area contributed by atoms with Crippen LogP contribution in [0.3, 0.4) is 0 Å². The fourth-order valence-electron chi connectivity index (χ4n) is 3.73. The predicted octanol–water partition coefficient (Wildman–Crippen LogP) is 3.26. The maximum Gasteiger partial charge on any atom is 0.286 e. The van der Waals surface area contributed by atoms with Crippen LogP contribution in [-0.4, -0.2) is 71.7 Å². The molecule has 0 aliphatic carbocycles. The lowest BCUT2D eigenvalue weighted by atomic mass is 10.1. The van der Waals surface area contributed by atoms with Gasteiger partial charge in [0.1, 0.15) is 36.6 Å². The summed E-state index contributed by atoms with van der Waals surface area (Å²) in [5.74, 6) is 1.33. The highest BCUT2D eigenvalue weighted by molar-refractivity contribution is 8.18. The normalized spacial score (nSPS) is 18.0. The second-order valence-corrected chi connectivity index (χ2v) is 9.45. The molecule has 0 aromatic heterocycles. The van der Waals surface area contributed by atoms with Crippen LogP contribution in [-0.2, 0) is 4.79 Å². The molecule has 0 spiro atoms. The zero-order chi connectivity index (χ0) is 24.5. The average Bonchev–Trinajstić information content (AvgIpc) is 3.25. The molecule has 35 heavy (non-hydrogen) atoms. The monoisotopic (exact) mass is 497 g/mol.